The molecule has 0 N–H and O–H groups in total. The molecule has 0 aromatic carbocycles. The van der Waals surface area contributed by atoms with Crippen LogP contribution in [0.5, 0.6) is 0 Å². The maximum atomic E-state index is 12.7. The Balaban J connectivity index is 1.98. The predicted octanol–water partition coefficient (Wildman–Crippen LogP) is 6.44. The number of halogens is 1. The van der Waals surface area contributed by atoms with E-state index < -0.39 is 19.8 Å². The van der Waals surface area contributed by atoms with E-state index in [2.05, 4.69) is 29.6 Å². The molecule has 33 heavy (non-hydrogen) atoms. The summed E-state index contributed by atoms with van der Waals surface area (Å²) in [5, 5.41) is 1.31. The normalized spacial score (nSPS) is 12.2. The predicted molar refractivity (Wildman–Crippen MR) is 137 cm³/mol. The van der Waals surface area contributed by atoms with Crippen LogP contribution < -0.4 is 4.90 Å². The van der Waals surface area contributed by atoms with Gasteiger partial charge in [0.1, 0.15) is 29.0 Å². The van der Waals surface area contributed by atoms with E-state index in [0.29, 0.717) is 24.3 Å². The van der Waals surface area contributed by atoms with Gasteiger partial charge in [0.15, 0.2) is 0 Å². The second-order valence-electron chi connectivity index (χ2n) is 10.3. The minimum Gasteiger partial charge on any atom is -0.443 e. The van der Waals surface area contributed by atoms with E-state index in [1.54, 1.807) is 19.3 Å². The number of fused-ring (bicyclic) bond motifs is 1. The van der Waals surface area contributed by atoms with Gasteiger partial charge in [-0.15, -0.1) is 0 Å². The molecule has 7 nitrogen and oxygen atoms in total. The lowest BCUT2D eigenvalue weighted by Gasteiger charge is -2.25. The molecule has 9 heteroatoms. The van der Waals surface area contributed by atoms with Crippen molar-refractivity contribution in [3.8, 4) is 11.1 Å². The lowest BCUT2D eigenvalue weighted by Crippen LogP contribution is -2.34. The van der Waals surface area contributed by atoms with Crippen LogP contribution in [0.25, 0.3) is 22.2 Å². The van der Waals surface area contributed by atoms with Crippen LogP contribution in [0.2, 0.25) is 30.8 Å². The topological polar surface area (TPSA) is 69.5 Å². The molecule has 3 aromatic rings. The highest BCUT2D eigenvalue weighted by molar-refractivity contribution is 6.76. The smallest absolute Gasteiger partial charge is 0.415 e. The number of hydrogen-bond donors (Lipinski definition) is 0. The zero-order valence-electron chi connectivity index (χ0n) is 20.5. The summed E-state index contributed by atoms with van der Waals surface area (Å²) < 4.78 is 13.5. The Hall–Kier alpha value is -2.42. The fourth-order valence-corrected chi connectivity index (χ4v) is 4.19. The molecule has 0 aliphatic heterocycles. The molecule has 0 atom stereocenters. The zero-order valence-corrected chi connectivity index (χ0v) is 22.2. The molecule has 0 bridgehead atoms. The summed E-state index contributed by atoms with van der Waals surface area (Å²) in [6.45, 7) is 13.6. The fourth-order valence-electron chi connectivity index (χ4n) is 3.29. The highest BCUT2D eigenvalue weighted by Crippen LogP contribution is 2.36. The number of amides is 1. The number of hydrogen-bond acceptors (Lipinski definition) is 5. The number of carbonyl (C=O) groups is 1. The van der Waals surface area contributed by atoms with E-state index in [4.69, 9.17) is 21.1 Å². The van der Waals surface area contributed by atoms with Crippen LogP contribution in [0, 0.1) is 0 Å². The Bertz CT molecular complexity index is 1130. The molecule has 0 spiro atoms. The monoisotopic (exact) mass is 488 g/mol. The van der Waals surface area contributed by atoms with Crippen molar-refractivity contribution in [3.63, 3.8) is 0 Å². The average Bonchev–Trinajstić information content (AvgIpc) is 3.06. The van der Waals surface area contributed by atoms with Crippen LogP contribution in [0.15, 0.2) is 36.7 Å². The van der Waals surface area contributed by atoms with Gasteiger partial charge in [0, 0.05) is 50.6 Å². The van der Waals surface area contributed by atoms with Crippen molar-refractivity contribution in [2.75, 3.05) is 18.6 Å². The van der Waals surface area contributed by atoms with E-state index in [-0.39, 0.29) is 0 Å². The second kappa shape index (κ2) is 9.83. The van der Waals surface area contributed by atoms with Gasteiger partial charge in [-0.25, -0.2) is 14.8 Å². The Labute approximate surface area is 201 Å². The molecule has 0 unspecified atom stereocenters. The summed E-state index contributed by atoms with van der Waals surface area (Å²) >= 11 is 6.21. The first-order valence-corrected chi connectivity index (χ1v) is 15.1. The van der Waals surface area contributed by atoms with Crippen LogP contribution in [0.3, 0.4) is 0 Å². The standard InChI is InChI=1S/C24H33ClN4O3Si/c1-24(2,3)32-23(30)28(4)21-17(9-8-12-26-21)19-15-29(16-31-13-14-33(5,6)7)22-18(19)10-11-20(25)27-22/h8-12,15H,13-14,16H2,1-7H3. The zero-order chi connectivity index (χ0) is 24.4. The van der Waals surface area contributed by atoms with Crippen molar-refractivity contribution in [2.24, 2.45) is 0 Å². The van der Waals surface area contributed by atoms with Crippen LogP contribution in [0.1, 0.15) is 20.8 Å². The van der Waals surface area contributed by atoms with Crippen LogP contribution in [-0.2, 0) is 16.2 Å². The minimum absolute atomic E-state index is 0.367. The van der Waals surface area contributed by atoms with Crippen molar-refractivity contribution in [1.82, 2.24) is 14.5 Å². The number of aromatic nitrogens is 3. The molecular weight excluding hydrogens is 456 g/mol. The quantitative estimate of drug-likeness (QED) is 0.217. The minimum atomic E-state index is -1.18. The molecule has 3 heterocycles. The van der Waals surface area contributed by atoms with Crippen molar-refractivity contribution in [1.29, 1.82) is 0 Å². The Morgan fingerprint density at radius 1 is 1.18 bits per heavy atom. The molecular formula is C24H33ClN4O3Si. The summed E-state index contributed by atoms with van der Waals surface area (Å²) in [6.07, 6.45) is 3.17. The van der Waals surface area contributed by atoms with Gasteiger partial charge in [-0.3, -0.25) is 4.90 Å². The summed E-state index contributed by atoms with van der Waals surface area (Å²) in [7, 11) is 0.478. The number of nitrogens with zero attached hydrogens (tertiary/aromatic N) is 4. The van der Waals surface area contributed by atoms with Gasteiger partial charge in [-0.05, 0) is 51.1 Å². The Morgan fingerprint density at radius 2 is 1.91 bits per heavy atom. The van der Waals surface area contributed by atoms with Crippen molar-refractivity contribution in [3.05, 3.63) is 41.8 Å². The third kappa shape index (κ3) is 6.56. The molecule has 0 radical (unpaired) electrons. The number of ether oxygens (including phenoxy) is 2. The Morgan fingerprint density at radius 3 is 2.58 bits per heavy atom. The van der Waals surface area contributed by atoms with Gasteiger partial charge >= 0.3 is 6.09 Å². The summed E-state index contributed by atoms with van der Waals surface area (Å²) in [4.78, 5) is 23.2. The third-order valence-electron chi connectivity index (χ3n) is 4.98. The molecule has 0 saturated heterocycles. The first-order valence-electron chi connectivity index (χ1n) is 11.0. The van der Waals surface area contributed by atoms with Crippen molar-refractivity contribution >= 4 is 42.6 Å². The van der Waals surface area contributed by atoms with E-state index in [0.717, 1.165) is 28.2 Å². The highest BCUT2D eigenvalue weighted by Gasteiger charge is 2.25. The lowest BCUT2D eigenvalue weighted by molar-refractivity contribution is 0.0588. The molecule has 3 rings (SSSR count). The maximum absolute atomic E-state index is 12.7. The van der Waals surface area contributed by atoms with E-state index in [1.807, 2.05) is 49.7 Å². The number of anilines is 1. The van der Waals surface area contributed by atoms with Crippen LogP contribution >= 0.6 is 11.6 Å². The molecule has 0 aliphatic carbocycles. The van der Waals surface area contributed by atoms with Gasteiger partial charge in [0.2, 0.25) is 0 Å². The maximum Gasteiger partial charge on any atom is 0.415 e. The summed E-state index contributed by atoms with van der Waals surface area (Å²) in [6, 6.07) is 8.56. The van der Waals surface area contributed by atoms with E-state index >= 15 is 0 Å². The molecule has 3 aromatic heterocycles. The number of rotatable bonds is 7. The van der Waals surface area contributed by atoms with E-state index in [1.165, 1.54) is 4.90 Å². The second-order valence-corrected chi connectivity index (χ2v) is 16.3. The van der Waals surface area contributed by atoms with Gasteiger partial charge in [-0.1, -0.05) is 31.2 Å². The van der Waals surface area contributed by atoms with Crippen molar-refractivity contribution in [2.45, 2.75) is 58.8 Å². The fraction of sp³-hybridized carbons (Fsp3) is 0.458. The molecule has 0 aliphatic rings. The SMILES string of the molecule is CN(C(=O)OC(C)(C)C)c1ncccc1-c1cn(COCC[Si](C)(C)C)c2nc(Cl)ccc12. The van der Waals surface area contributed by atoms with Crippen molar-refractivity contribution < 1.29 is 14.3 Å². The van der Waals surface area contributed by atoms with E-state index in [9.17, 15) is 4.79 Å². The number of carbonyl (C=O) groups excluding carboxylic acids is 1. The average molecular weight is 489 g/mol. The summed E-state index contributed by atoms with van der Waals surface area (Å²) in [5.74, 6) is 0.500. The molecule has 0 fully saturated rings. The summed E-state index contributed by atoms with van der Waals surface area (Å²) in [5.41, 5.74) is 1.80. The van der Waals surface area contributed by atoms with Gasteiger partial charge < -0.3 is 14.0 Å². The Kier molecular flexibility index (Phi) is 7.51. The van der Waals surface area contributed by atoms with Crippen LogP contribution in [0.4, 0.5) is 10.6 Å². The lowest BCUT2D eigenvalue weighted by atomic mass is 10.1. The van der Waals surface area contributed by atoms with Gasteiger partial charge in [0.05, 0.1) is 0 Å². The molecule has 178 valence electrons. The molecule has 0 saturated carbocycles. The molecule has 1 amide bonds. The van der Waals surface area contributed by atoms with Crippen LogP contribution in [-0.4, -0.2) is 48.0 Å². The first kappa shape index (κ1) is 25.2. The third-order valence-corrected chi connectivity index (χ3v) is 6.89. The van der Waals surface area contributed by atoms with Gasteiger partial charge in [0.25, 0.3) is 0 Å². The highest BCUT2D eigenvalue weighted by atomic mass is 35.5. The van der Waals surface area contributed by atoms with Gasteiger partial charge in [-0.2, -0.15) is 0 Å². The largest absolute Gasteiger partial charge is 0.443 e. The number of pyridine rings is 2. The first-order chi connectivity index (χ1) is 15.4.